The van der Waals surface area contributed by atoms with Crippen molar-refractivity contribution in [1.29, 1.82) is 0 Å². The standard InChI is InChI=1S/C12H9F5N2O/c1-2-19-4-3-18-12(19)11(20)5-6(13)8(15)10(17)9(16)7(5)14/h3-4,11,20H,2H2,1H3. The van der Waals surface area contributed by atoms with Crippen LogP contribution in [0.2, 0.25) is 0 Å². The first-order chi connectivity index (χ1) is 9.40. The van der Waals surface area contributed by atoms with E-state index in [9.17, 15) is 27.1 Å². The maximum atomic E-state index is 13.6. The minimum absolute atomic E-state index is 0.212. The number of aliphatic hydroxyl groups excluding tert-OH is 1. The van der Waals surface area contributed by atoms with Crippen molar-refractivity contribution in [2.75, 3.05) is 0 Å². The molecule has 0 amide bonds. The van der Waals surface area contributed by atoms with Crippen LogP contribution in [0.5, 0.6) is 0 Å². The molecule has 0 spiro atoms. The molecule has 108 valence electrons. The Kier molecular flexibility index (Phi) is 3.76. The summed E-state index contributed by atoms with van der Waals surface area (Å²) in [6.45, 7) is 1.97. The maximum Gasteiger partial charge on any atom is 0.200 e. The zero-order chi connectivity index (χ0) is 15.0. The van der Waals surface area contributed by atoms with Crippen molar-refractivity contribution in [3.8, 4) is 0 Å². The van der Waals surface area contributed by atoms with Crippen molar-refractivity contribution in [3.05, 3.63) is 52.9 Å². The molecule has 0 aliphatic carbocycles. The van der Waals surface area contributed by atoms with Gasteiger partial charge in [0.05, 0.1) is 5.56 Å². The summed E-state index contributed by atoms with van der Waals surface area (Å²) in [6, 6.07) is 0. The third-order valence-electron chi connectivity index (χ3n) is 2.85. The van der Waals surface area contributed by atoms with Crippen LogP contribution < -0.4 is 0 Å². The van der Waals surface area contributed by atoms with Gasteiger partial charge in [0.15, 0.2) is 23.3 Å². The summed E-state index contributed by atoms with van der Waals surface area (Å²) in [4.78, 5) is 3.67. The van der Waals surface area contributed by atoms with Crippen molar-refractivity contribution in [2.45, 2.75) is 19.6 Å². The van der Waals surface area contributed by atoms with Crippen LogP contribution in [0.3, 0.4) is 0 Å². The molecule has 2 aromatic rings. The number of nitrogens with zero attached hydrogens (tertiary/aromatic N) is 2. The lowest BCUT2D eigenvalue weighted by Gasteiger charge is -2.15. The van der Waals surface area contributed by atoms with E-state index in [-0.39, 0.29) is 5.82 Å². The number of imidazole rings is 1. The Morgan fingerprint density at radius 2 is 1.55 bits per heavy atom. The molecule has 1 aromatic heterocycles. The Morgan fingerprint density at radius 1 is 1.05 bits per heavy atom. The van der Waals surface area contributed by atoms with E-state index in [0.29, 0.717) is 6.54 Å². The van der Waals surface area contributed by atoms with Crippen LogP contribution in [0, 0.1) is 29.1 Å². The largest absolute Gasteiger partial charge is 0.380 e. The highest BCUT2D eigenvalue weighted by atomic mass is 19.2. The third-order valence-corrected chi connectivity index (χ3v) is 2.85. The minimum Gasteiger partial charge on any atom is -0.380 e. The lowest BCUT2D eigenvalue weighted by molar-refractivity contribution is 0.189. The van der Waals surface area contributed by atoms with Gasteiger partial charge in [0, 0.05) is 18.9 Å². The average Bonchev–Trinajstić information content (AvgIpc) is 2.91. The number of hydrogen-bond acceptors (Lipinski definition) is 2. The Hall–Kier alpha value is -1.96. The zero-order valence-electron chi connectivity index (χ0n) is 10.2. The molecule has 0 bridgehead atoms. The lowest BCUT2D eigenvalue weighted by atomic mass is 10.1. The van der Waals surface area contributed by atoms with E-state index in [1.165, 1.54) is 17.0 Å². The first-order valence-electron chi connectivity index (χ1n) is 5.60. The van der Waals surface area contributed by atoms with Gasteiger partial charge in [-0.25, -0.2) is 26.9 Å². The van der Waals surface area contributed by atoms with Gasteiger partial charge in [-0.05, 0) is 6.92 Å². The van der Waals surface area contributed by atoms with Crippen LogP contribution in [0.4, 0.5) is 22.0 Å². The smallest absolute Gasteiger partial charge is 0.200 e. The van der Waals surface area contributed by atoms with Gasteiger partial charge in [-0.15, -0.1) is 0 Å². The van der Waals surface area contributed by atoms with Gasteiger partial charge in [-0.1, -0.05) is 0 Å². The van der Waals surface area contributed by atoms with E-state index in [2.05, 4.69) is 4.98 Å². The Bertz CT molecular complexity index is 627. The van der Waals surface area contributed by atoms with Crippen LogP contribution in [0.1, 0.15) is 24.4 Å². The molecule has 1 aromatic carbocycles. The SMILES string of the molecule is CCn1ccnc1C(O)c1c(F)c(F)c(F)c(F)c1F. The Balaban J connectivity index is 2.64. The monoisotopic (exact) mass is 292 g/mol. The molecule has 20 heavy (non-hydrogen) atoms. The first-order valence-corrected chi connectivity index (χ1v) is 5.60. The summed E-state index contributed by atoms with van der Waals surface area (Å²) >= 11 is 0. The molecular formula is C12H9F5N2O. The highest BCUT2D eigenvalue weighted by Crippen LogP contribution is 2.30. The molecule has 1 heterocycles. The molecule has 0 fully saturated rings. The fourth-order valence-corrected chi connectivity index (χ4v) is 1.83. The fourth-order valence-electron chi connectivity index (χ4n) is 1.83. The molecule has 1 unspecified atom stereocenters. The molecule has 8 heteroatoms. The number of aryl methyl sites for hydroxylation is 1. The highest BCUT2D eigenvalue weighted by molar-refractivity contribution is 5.29. The number of hydrogen-bond donors (Lipinski definition) is 1. The number of benzene rings is 1. The number of halogens is 5. The van der Waals surface area contributed by atoms with Crippen LogP contribution >= 0.6 is 0 Å². The van der Waals surface area contributed by atoms with Gasteiger partial charge in [-0.2, -0.15) is 0 Å². The summed E-state index contributed by atoms with van der Waals surface area (Å²) in [7, 11) is 0. The number of aliphatic hydroxyl groups is 1. The second-order valence-corrected chi connectivity index (χ2v) is 3.96. The second kappa shape index (κ2) is 5.20. The highest BCUT2D eigenvalue weighted by Gasteiger charge is 2.31. The Morgan fingerprint density at radius 3 is 2.05 bits per heavy atom. The average molecular weight is 292 g/mol. The molecule has 0 aliphatic heterocycles. The quantitative estimate of drug-likeness (QED) is 0.536. The lowest BCUT2D eigenvalue weighted by Crippen LogP contribution is -2.15. The molecule has 3 nitrogen and oxygen atoms in total. The van der Waals surface area contributed by atoms with Crippen molar-refractivity contribution in [3.63, 3.8) is 0 Å². The predicted octanol–water partition coefficient (Wildman–Crippen LogP) is 2.68. The van der Waals surface area contributed by atoms with Gasteiger partial charge in [0.25, 0.3) is 0 Å². The van der Waals surface area contributed by atoms with Crippen molar-refractivity contribution in [1.82, 2.24) is 9.55 Å². The molecule has 0 saturated carbocycles. The predicted molar refractivity (Wildman–Crippen MR) is 58.2 cm³/mol. The Labute approximate surface area is 110 Å². The second-order valence-electron chi connectivity index (χ2n) is 3.96. The molecule has 1 N–H and O–H groups in total. The van der Waals surface area contributed by atoms with E-state index in [4.69, 9.17) is 0 Å². The van der Waals surface area contributed by atoms with Crippen LogP contribution in [-0.2, 0) is 6.54 Å². The zero-order valence-corrected chi connectivity index (χ0v) is 10.2. The summed E-state index contributed by atoms with van der Waals surface area (Å²) < 4.78 is 67.5. The van der Waals surface area contributed by atoms with E-state index in [0.717, 1.165) is 0 Å². The van der Waals surface area contributed by atoms with Crippen LogP contribution in [0.15, 0.2) is 12.4 Å². The minimum atomic E-state index is -2.27. The first kappa shape index (κ1) is 14.4. The van der Waals surface area contributed by atoms with Gasteiger partial charge in [-0.3, -0.25) is 0 Å². The normalized spacial score (nSPS) is 12.8. The van der Waals surface area contributed by atoms with E-state index in [1.807, 2.05) is 0 Å². The number of aromatic nitrogens is 2. The van der Waals surface area contributed by atoms with E-state index >= 15 is 0 Å². The molecule has 2 rings (SSSR count). The van der Waals surface area contributed by atoms with Crippen molar-refractivity contribution >= 4 is 0 Å². The summed E-state index contributed by atoms with van der Waals surface area (Å²) in [6.07, 6.45) is 0.591. The van der Waals surface area contributed by atoms with Gasteiger partial charge < -0.3 is 9.67 Å². The molecule has 0 aliphatic rings. The van der Waals surface area contributed by atoms with Crippen LogP contribution in [-0.4, -0.2) is 14.7 Å². The fraction of sp³-hybridized carbons (Fsp3) is 0.250. The van der Waals surface area contributed by atoms with Gasteiger partial charge in [0.2, 0.25) is 5.82 Å². The number of rotatable bonds is 3. The van der Waals surface area contributed by atoms with Gasteiger partial charge in [0.1, 0.15) is 11.9 Å². The third kappa shape index (κ3) is 2.05. The van der Waals surface area contributed by atoms with Crippen molar-refractivity contribution < 1.29 is 27.1 Å². The van der Waals surface area contributed by atoms with E-state index in [1.54, 1.807) is 6.92 Å². The maximum absolute atomic E-state index is 13.6. The molecule has 1 atom stereocenters. The van der Waals surface area contributed by atoms with Gasteiger partial charge >= 0.3 is 0 Å². The van der Waals surface area contributed by atoms with Crippen LogP contribution in [0.25, 0.3) is 0 Å². The topological polar surface area (TPSA) is 38.0 Å². The van der Waals surface area contributed by atoms with E-state index < -0.39 is 40.8 Å². The summed E-state index contributed by atoms with van der Waals surface area (Å²) in [5.74, 6) is -10.8. The summed E-state index contributed by atoms with van der Waals surface area (Å²) in [5, 5.41) is 9.88. The van der Waals surface area contributed by atoms with Crippen molar-refractivity contribution in [2.24, 2.45) is 0 Å². The molecular weight excluding hydrogens is 283 g/mol. The molecule has 0 saturated heterocycles. The summed E-state index contributed by atoms with van der Waals surface area (Å²) in [5.41, 5.74) is -1.32. The molecule has 0 radical (unpaired) electrons.